The van der Waals surface area contributed by atoms with Crippen molar-refractivity contribution in [2.45, 2.75) is 11.8 Å². The third kappa shape index (κ3) is 4.43. The van der Waals surface area contributed by atoms with Crippen molar-refractivity contribution in [2.75, 3.05) is 11.3 Å². The van der Waals surface area contributed by atoms with E-state index in [1.165, 1.54) is 36.4 Å². The number of hydrogen-bond acceptors (Lipinski definition) is 4. The summed E-state index contributed by atoms with van der Waals surface area (Å²) >= 11 is 0. The van der Waals surface area contributed by atoms with Gasteiger partial charge in [0.1, 0.15) is 16.5 Å². The highest BCUT2D eigenvalue weighted by Crippen LogP contribution is 2.22. The number of amides is 1. The second-order valence-electron chi connectivity index (χ2n) is 4.82. The smallest absolute Gasteiger partial charge is 0.264 e. The van der Waals surface area contributed by atoms with E-state index < -0.39 is 26.6 Å². The highest BCUT2D eigenvalue weighted by molar-refractivity contribution is 7.92. The lowest BCUT2D eigenvalue weighted by Gasteiger charge is -2.10. The zero-order valence-corrected chi connectivity index (χ0v) is 13.1. The van der Waals surface area contributed by atoms with Gasteiger partial charge in [-0.05, 0) is 48.9 Å². The van der Waals surface area contributed by atoms with Crippen LogP contribution in [0.15, 0.2) is 47.4 Å². The normalized spacial score (nSPS) is 11.0. The van der Waals surface area contributed by atoms with E-state index in [1.807, 2.05) is 0 Å². The van der Waals surface area contributed by atoms with Gasteiger partial charge in [-0.3, -0.25) is 9.52 Å². The van der Waals surface area contributed by atoms with E-state index in [1.54, 1.807) is 6.92 Å². The van der Waals surface area contributed by atoms with Gasteiger partial charge in [-0.2, -0.15) is 0 Å². The fourth-order valence-electron chi connectivity index (χ4n) is 1.80. The molecule has 6 nitrogen and oxygen atoms in total. The Hall–Kier alpha value is -2.61. The summed E-state index contributed by atoms with van der Waals surface area (Å²) in [6, 6.07) is 9.63. The van der Waals surface area contributed by atoms with Gasteiger partial charge in [-0.25, -0.2) is 12.8 Å². The maximum Gasteiger partial charge on any atom is 0.264 e. The number of aryl methyl sites for hydroxylation is 1. The maximum absolute atomic E-state index is 13.7. The first-order chi connectivity index (χ1) is 10.8. The Balaban J connectivity index is 2.17. The largest absolute Gasteiger partial charge is 0.484 e. The molecule has 3 N–H and O–H groups in total. The highest BCUT2D eigenvalue weighted by Gasteiger charge is 2.19. The van der Waals surface area contributed by atoms with Gasteiger partial charge in [0.2, 0.25) is 0 Å². The summed E-state index contributed by atoms with van der Waals surface area (Å²) in [4.78, 5) is 10.2. The lowest BCUT2D eigenvalue weighted by Crippen LogP contribution is -2.20. The number of anilines is 1. The fraction of sp³-hybridized carbons (Fsp3) is 0.133. The molecule has 0 aliphatic heterocycles. The molecule has 0 aromatic heterocycles. The molecule has 2 rings (SSSR count). The number of carbonyl (C=O) groups is 1. The second-order valence-corrected chi connectivity index (χ2v) is 6.47. The molecule has 0 atom stereocenters. The van der Waals surface area contributed by atoms with Gasteiger partial charge in [0.05, 0.1) is 0 Å². The molecule has 0 bridgehead atoms. The fourth-order valence-corrected chi connectivity index (χ4v) is 3.02. The molecular weight excluding hydrogens is 323 g/mol. The minimum absolute atomic E-state index is 0.234. The Bertz CT molecular complexity index is 820. The molecule has 2 aromatic carbocycles. The van der Waals surface area contributed by atoms with Crippen molar-refractivity contribution in [3.05, 3.63) is 53.8 Å². The van der Waals surface area contributed by atoms with Crippen molar-refractivity contribution in [2.24, 2.45) is 5.73 Å². The number of ether oxygens (including phenoxy) is 1. The number of benzene rings is 2. The quantitative estimate of drug-likeness (QED) is 0.839. The van der Waals surface area contributed by atoms with Crippen molar-refractivity contribution in [1.82, 2.24) is 0 Å². The van der Waals surface area contributed by atoms with Crippen LogP contribution in [-0.4, -0.2) is 20.9 Å². The second kappa shape index (κ2) is 6.66. The molecule has 0 aliphatic rings. The van der Waals surface area contributed by atoms with Crippen LogP contribution < -0.4 is 15.2 Å². The van der Waals surface area contributed by atoms with E-state index in [-0.39, 0.29) is 12.3 Å². The first-order valence-electron chi connectivity index (χ1n) is 6.58. The van der Waals surface area contributed by atoms with E-state index in [0.717, 1.165) is 6.07 Å². The van der Waals surface area contributed by atoms with Gasteiger partial charge in [0.15, 0.2) is 6.61 Å². The number of rotatable bonds is 6. The van der Waals surface area contributed by atoms with E-state index in [2.05, 4.69) is 4.72 Å². The number of nitrogens with two attached hydrogens (primary N) is 1. The lowest BCUT2D eigenvalue weighted by atomic mass is 10.2. The van der Waals surface area contributed by atoms with Crippen LogP contribution in [0.25, 0.3) is 0 Å². The summed E-state index contributed by atoms with van der Waals surface area (Å²) < 4.78 is 45.5. The van der Waals surface area contributed by atoms with Crippen LogP contribution >= 0.6 is 0 Å². The number of halogens is 1. The van der Waals surface area contributed by atoms with Gasteiger partial charge >= 0.3 is 0 Å². The van der Waals surface area contributed by atoms with E-state index in [9.17, 15) is 17.6 Å². The molecule has 0 radical (unpaired) electrons. The molecule has 0 aliphatic carbocycles. The number of nitrogens with one attached hydrogen (secondary N) is 1. The lowest BCUT2D eigenvalue weighted by molar-refractivity contribution is -0.119. The molecule has 0 spiro atoms. The summed E-state index contributed by atoms with van der Waals surface area (Å²) in [7, 11) is -4.05. The van der Waals surface area contributed by atoms with Crippen LogP contribution in [0.4, 0.5) is 10.1 Å². The first-order valence-corrected chi connectivity index (χ1v) is 8.06. The average Bonchev–Trinajstić information content (AvgIpc) is 2.48. The molecule has 122 valence electrons. The Kier molecular flexibility index (Phi) is 4.85. The molecular formula is C15H15FN2O4S. The van der Waals surface area contributed by atoms with Crippen LogP contribution in [0.1, 0.15) is 5.56 Å². The van der Waals surface area contributed by atoms with Crippen LogP contribution in [0.3, 0.4) is 0 Å². The molecule has 8 heteroatoms. The summed E-state index contributed by atoms with van der Waals surface area (Å²) in [5.74, 6) is -1.09. The number of sulfonamides is 1. The average molecular weight is 338 g/mol. The van der Waals surface area contributed by atoms with Crippen molar-refractivity contribution in [3.63, 3.8) is 0 Å². The Morgan fingerprint density at radius 1 is 1.22 bits per heavy atom. The Morgan fingerprint density at radius 2 is 1.87 bits per heavy atom. The topological polar surface area (TPSA) is 98.5 Å². The van der Waals surface area contributed by atoms with Crippen LogP contribution in [0.2, 0.25) is 0 Å². The maximum atomic E-state index is 13.7. The molecule has 0 unspecified atom stereocenters. The van der Waals surface area contributed by atoms with Gasteiger partial charge in [-0.1, -0.05) is 6.07 Å². The van der Waals surface area contributed by atoms with E-state index in [4.69, 9.17) is 10.5 Å². The number of carbonyl (C=O) groups excluding carboxylic acids is 1. The zero-order valence-electron chi connectivity index (χ0n) is 12.2. The SMILES string of the molecule is Cc1ccc(F)c(S(=O)(=O)Nc2ccc(OCC(N)=O)cc2)c1. The zero-order chi connectivity index (χ0) is 17.0. The predicted octanol–water partition coefficient (Wildman–Crippen LogP) is 1.80. The molecule has 23 heavy (non-hydrogen) atoms. The predicted molar refractivity (Wildman–Crippen MR) is 83.1 cm³/mol. The van der Waals surface area contributed by atoms with Crippen molar-refractivity contribution in [1.29, 1.82) is 0 Å². The van der Waals surface area contributed by atoms with Gasteiger partial charge in [0, 0.05) is 5.69 Å². The minimum atomic E-state index is -4.05. The van der Waals surface area contributed by atoms with Crippen molar-refractivity contribution in [3.8, 4) is 5.75 Å². The Labute approximate surface area is 133 Å². The van der Waals surface area contributed by atoms with Gasteiger partial charge < -0.3 is 10.5 Å². The van der Waals surface area contributed by atoms with Crippen LogP contribution in [0, 0.1) is 12.7 Å². The highest BCUT2D eigenvalue weighted by atomic mass is 32.2. The summed E-state index contributed by atoms with van der Waals surface area (Å²) in [5, 5.41) is 0. The molecule has 0 saturated carbocycles. The summed E-state index contributed by atoms with van der Waals surface area (Å²) in [6.45, 7) is 1.39. The number of primary amides is 1. The molecule has 0 heterocycles. The summed E-state index contributed by atoms with van der Waals surface area (Å²) in [6.07, 6.45) is 0. The molecule has 0 fully saturated rings. The van der Waals surface area contributed by atoms with E-state index >= 15 is 0 Å². The first kappa shape index (κ1) is 16.8. The van der Waals surface area contributed by atoms with Crippen molar-refractivity contribution >= 4 is 21.6 Å². The summed E-state index contributed by atoms with van der Waals surface area (Å²) in [5.41, 5.74) is 5.81. The minimum Gasteiger partial charge on any atom is -0.484 e. The number of hydrogen-bond donors (Lipinski definition) is 2. The van der Waals surface area contributed by atoms with Gasteiger partial charge in [0.25, 0.3) is 15.9 Å². The van der Waals surface area contributed by atoms with Crippen LogP contribution in [-0.2, 0) is 14.8 Å². The third-order valence-electron chi connectivity index (χ3n) is 2.86. The molecule has 2 aromatic rings. The third-order valence-corrected chi connectivity index (χ3v) is 4.26. The molecule has 0 saturated heterocycles. The van der Waals surface area contributed by atoms with Crippen LogP contribution in [0.5, 0.6) is 5.75 Å². The monoisotopic (exact) mass is 338 g/mol. The van der Waals surface area contributed by atoms with Crippen molar-refractivity contribution < 1.29 is 22.3 Å². The van der Waals surface area contributed by atoms with E-state index in [0.29, 0.717) is 11.3 Å². The Morgan fingerprint density at radius 3 is 2.48 bits per heavy atom. The molecule has 1 amide bonds. The standard InChI is InChI=1S/C15H15FN2O4S/c1-10-2-7-13(16)14(8-10)23(20,21)18-11-3-5-12(6-4-11)22-9-15(17)19/h2-8,18H,9H2,1H3,(H2,17,19). The van der Waals surface area contributed by atoms with Gasteiger partial charge in [-0.15, -0.1) is 0 Å².